The molecule has 0 aliphatic carbocycles. The van der Waals surface area contributed by atoms with Gasteiger partial charge in [0, 0.05) is 12.6 Å². The third kappa shape index (κ3) is 3.93. The molecule has 0 bridgehead atoms. The lowest BCUT2D eigenvalue weighted by Gasteiger charge is -2.23. The van der Waals surface area contributed by atoms with Crippen molar-refractivity contribution in [3.8, 4) is 0 Å². The highest BCUT2D eigenvalue weighted by atomic mass is 19.4. The van der Waals surface area contributed by atoms with Crippen molar-refractivity contribution in [1.82, 2.24) is 9.97 Å². The summed E-state index contributed by atoms with van der Waals surface area (Å²) >= 11 is 0. The van der Waals surface area contributed by atoms with Crippen molar-refractivity contribution >= 4 is 11.6 Å². The standard InChI is InChI=1S/C10H13F3N4O2/c11-10(12,13)9-16-7(14)3-8(17-9)15-4-6-5-18-1-2-19-6/h3,6H,1-2,4-5H2,(H3,14,15,16,17). The lowest BCUT2D eigenvalue weighted by Crippen LogP contribution is -2.34. The second kappa shape index (κ2) is 5.57. The van der Waals surface area contributed by atoms with Crippen LogP contribution in [0.2, 0.25) is 0 Å². The topological polar surface area (TPSA) is 82.3 Å². The van der Waals surface area contributed by atoms with Crippen LogP contribution in [-0.4, -0.2) is 42.4 Å². The molecule has 2 rings (SSSR count). The van der Waals surface area contributed by atoms with Crippen LogP contribution in [0.4, 0.5) is 24.8 Å². The first-order valence-electron chi connectivity index (χ1n) is 5.60. The predicted molar refractivity (Wildman–Crippen MR) is 60.5 cm³/mol. The first-order valence-corrected chi connectivity index (χ1v) is 5.60. The summed E-state index contributed by atoms with van der Waals surface area (Å²) in [5.74, 6) is -1.50. The molecule has 1 fully saturated rings. The third-order valence-corrected chi connectivity index (χ3v) is 2.40. The van der Waals surface area contributed by atoms with Crippen molar-refractivity contribution in [3.05, 3.63) is 11.9 Å². The lowest BCUT2D eigenvalue weighted by molar-refractivity contribution is -0.144. The molecule has 0 radical (unpaired) electrons. The maximum atomic E-state index is 12.5. The van der Waals surface area contributed by atoms with Crippen LogP contribution in [-0.2, 0) is 15.7 Å². The monoisotopic (exact) mass is 278 g/mol. The second-order valence-corrected chi connectivity index (χ2v) is 3.95. The van der Waals surface area contributed by atoms with Gasteiger partial charge in [0.2, 0.25) is 5.82 Å². The van der Waals surface area contributed by atoms with Crippen LogP contribution < -0.4 is 11.1 Å². The summed E-state index contributed by atoms with van der Waals surface area (Å²) in [6, 6.07) is 1.24. The maximum absolute atomic E-state index is 12.5. The fraction of sp³-hybridized carbons (Fsp3) is 0.600. The Kier molecular flexibility index (Phi) is 4.05. The lowest BCUT2D eigenvalue weighted by atomic mass is 10.3. The number of nitrogens with two attached hydrogens (primary N) is 1. The van der Waals surface area contributed by atoms with E-state index in [1.54, 1.807) is 0 Å². The molecule has 0 amide bonds. The van der Waals surface area contributed by atoms with Crippen LogP contribution in [0.3, 0.4) is 0 Å². The number of alkyl halides is 3. The van der Waals surface area contributed by atoms with Gasteiger partial charge in [-0.2, -0.15) is 13.2 Å². The van der Waals surface area contributed by atoms with E-state index in [9.17, 15) is 13.2 Å². The van der Waals surface area contributed by atoms with E-state index in [4.69, 9.17) is 15.2 Å². The van der Waals surface area contributed by atoms with E-state index in [0.29, 0.717) is 19.8 Å². The number of nitrogens with zero attached hydrogens (tertiary/aromatic N) is 2. The predicted octanol–water partition coefficient (Wildman–Crippen LogP) is 0.905. The Morgan fingerprint density at radius 2 is 2.16 bits per heavy atom. The SMILES string of the molecule is Nc1cc(NCC2COCCO2)nc(C(F)(F)F)n1. The van der Waals surface area contributed by atoms with Crippen LogP contribution in [0.25, 0.3) is 0 Å². The highest BCUT2D eigenvalue weighted by molar-refractivity contribution is 5.45. The average molecular weight is 278 g/mol. The molecule has 9 heteroatoms. The maximum Gasteiger partial charge on any atom is 0.451 e. The number of hydrogen-bond donors (Lipinski definition) is 2. The molecule has 3 N–H and O–H groups in total. The molecule has 0 spiro atoms. The van der Waals surface area contributed by atoms with E-state index in [0.717, 1.165) is 0 Å². The number of nitrogen functional groups attached to an aromatic ring is 1. The van der Waals surface area contributed by atoms with Gasteiger partial charge in [-0.15, -0.1) is 0 Å². The van der Waals surface area contributed by atoms with Gasteiger partial charge in [-0.25, -0.2) is 9.97 Å². The molecule has 19 heavy (non-hydrogen) atoms. The molecule has 1 aromatic heterocycles. The fourth-order valence-electron chi connectivity index (χ4n) is 1.56. The van der Waals surface area contributed by atoms with Gasteiger partial charge in [-0.1, -0.05) is 0 Å². The molecule has 1 atom stereocenters. The third-order valence-electron chi connectivity index (χ3n) is 2.40. The Balaban J connectivity index is 2.01. The number of hydrogen-bond acceptors (Lipinski definition) is 6. The summed E-state index contributed by atoms with van der Waals surface area (Å²) in [5.41, 5.74) is 5.32. The Bertz CT molecular complexity index is 435. The highest BCUT2D eigenvalue weighted by Crippen LogP contribution is 2.27. The van der Waals surface area contributed by atoms with Crippen LogP contribution in [0, 0.1) is 0 Å². The minimum absolute atomic E-state index is 0.00833. The number of anilines is 2. The van der Waals surface area contributed by atoms with Gasteiger partial charge in [0.05, 0.1) is 25.9 Å². The van der Waals surface area contributed by atoms with Crippen molar-refractivity contribution in [1.29, 1.82) is 0 Å². The van der Waals surface area contributed by atoms with E-state index in [1.807, 2.05) is 0 Å². The number of halogens is 3. The molecule has 0 saturated carbocycles. The summed E-state index contributed by atoms with van der Waals surface area (Å²) in [6.07, 6.45) is -4.85. The quantitative estimate of drug-likeness (QED) is 0.855. The van der Waals surface area contributed by atoms with Crippen LogP contribution >= 0.6 is 0 Å². The Morgan fingerprint density at radius 1 is 1.37 bits per heavy atom. The van der Waals surface area contributed by atoms with Gasteiger partial charge >= 0.3 is 6.18 Å². The Labute approximate surface area is 107 Å². The molecule has 1 unspecified atom stereocenters. The van der Waals surface area contributed by atoms with Gasteiger partial charge < -0.3 is 20.5 Å². The van der Waals surface area contributed by atoms with E-state index >= 15 is 0 Å². The summed E-state index contributed by atoms with van der Waals surface area (Å²) < 4.78 is 48.0. The average Bonchev–Trinajstić information content (AvgIpc) is 2.36. The zero-order chi connectivity index (χ0) is 13.9. The molecular weight excluding hydrogens is 265 g/mol. The number of rotatable bonds is 3. The van der Waals surface area contributed by atoms with Crippen molar-refractivity contribution in [2.24, 2.45) is 0 Å². The van der Waals surface area contributed by atoms with Crippen LogP contribution in [0.5, 0.6) is 0 Å². The van der Waals surface area contributed by atoms with Crippen molar-refractivity contribution in [3.63, 3.8) is 0 Å². The van der Waals surface area contributed by atoms with Crippen molar-refractivity contribution in [2.45, 2.75) is 12.3 Å². The van der Waals surface area contributed by atoms with Gasteiger partial charge in [0.25, 0.3) is 0 Å². The second-order valence-electron chi connectivity index (χ2n) is 3.95. The minimum atomic E-state index is -4.63. The smallest absolute Gasteiger partial charge is 0.384 e. The first kappa shape index (κ1) is 13.8. The first-order chi connectivity index (χ1) is 8.95. The summed E-state index contributed by atoms with van der Waals surface area (Å²) in [6.45, 7) is 1.66. The molecule has 106 valence electrons. The molecular formula is C10H13F3N4O2. The fourth-order valence-corrected chi connectivity index (χ4v) is 1.56. The normalized spacial score (nSPS) is 20.3. The molecule has 1 aliphatic heterocycles. The number of ether oxygens (including phenoxy) is 2. The van der Waals surface area contributed by atoms with Gasteiger partial charge in [0.15, 0.2) is 0 Å². The number of nitrogens with one attached hydrogen (secondary N) is 1. The van der Waals surface area contributed by atoms with Gasteiger partial charge in [-0.05, 0) is 0 Å². The zero-order valence-corrected chi connectivity index (χ0v) is 9.91. The van der Waals surface area contributed by atoms with Crippen LogP contribution in [0.15, 0.2) is 6.07 Å². The highest BCUT2D eigenvalue weighted by Gasteiger charge is 2.35. The number of aromatic nitrogens is 2. The minimum Gasteiger partial charge on any atom is -0.384 e. The molecule has 6 nitrogen and oxygen atoms in total. The van der Waals surface area contributed by atoms with E-state index in [1.165, 1.54) is 6.07 Å². The largest absolute Gasteiger partial charge is 0.451 e. The molecule has 1 aromatic rings. The van der Waals surface area contributed by atoms with Crippen LogP contribution in [0.1, 0.15) is 5.82 Å². The van der Waals surface area contributed by atoms with Crippen molar-refractivity contribution in [2.75, 3.05) is 37.4 Å². The molecule has 0 aromatic carbocycles. The zero-order valence-electron chi connectivity index (χ0n) is 9.91. The summed E-state index contributed by atoms with van der Waals surface area (Å²) in [4.78, 5) is 6.51. The van der Waals surface area contributed by atoms with Gasteiger partial charge in [-0.3, -0.25) is 0 Å². The summed E-state index contributed by atoms with van der Waals surface area (Å²) in [7, 11) is 0. The molecule has 1 saturated heterocycles. The van der Waals surface area contributed by atoms with E-state index < -0.39 is 12.0 Å². The van der Waals surface area contributed by atoms with E-state index in [2.05, 4.69) is 15.3 Å². The summed E-state index contributed by atoms with van der Waals surface area (Å²) in [5, 5.41) is 2.73. The van der Waals surface area contributed by atoms with Crippen molar-refractivity contribution < 1.29 is 22.6 Å². The Hall–Kier alpha value is -1.61. The van der Waals surface area contributed by atoms with E-state index in [-0.39, 0.29) is 24.3 Å². The molecule has 2 heterocycles. The molecule has 1 aliphatic rings. The Morgan fingerprint density at radius 3 is 2.79 bits per heavy atom. The van der Waals surface area contributed by atoms with Gasteiger partial charge in [0.1, 0.15) is 11.6 Å².